The van der Waals surface area contributed by atoms with Gasteiger partial charge in [-0.15, -0.1) is 11.3 Å². The smallest absolute Gasteiger partial charge is 0.331 e. The highest BCUT2D eigenvalue weighted by molar-refractivity contribution is 7.90. The van der Waals surface area contributed by atoms with Crippen molar-refractivity contribution in [2.45, 2.75) is 51.0 Å². The number of sulfonamides is 1. The molecule has 0 atom stereocenters. The number of benzene rings is 4. The molecular formula is C38H35NO7S2. The molecule has 0 bridgehead atoms. The van der Waals surface area contributed by atoms with E-state index in [1.807, 2.05) is 69.3 Å². The van der Waals surface area contributed by atoms with Crippen molar-refractivity contribution >= 4 is 49.4 Å². The van der Waals surface area contributed by atoms with Crippen LogP contribution in [-0.4, -0.2) is 36.9 Å². The molecule has 246 valence electrons. The molecule has 5 aromatic rings. The number of carbonyl (C=O) groups is 2. The summed E-state index contributed by atoms with van der Waals surface area (Å²) in [5, 5.41) is 0.854. The van der Waals surface area contributed by atoms with E-state index in [1.54, 1.807) is 35.6 Å². The first-order chi connectivity index (χ1) is 22.8. The first kappa shape index (κ1) is 33.0. The molecule has 4 aromatic carbocycles. The van der Waals surface area contributed by atoms with Crippen LogP contribution in [0.5, 0.6) is 17.2 Å². The van der Waals surface area contributed by atoms with Crippen LogP contribution in [0, 0.1) is 0 Å². The maximum Gasteiger partial charge on any atom is 0.331 e. The van der Waals surface area contributed by atoms with Gasteiger partial charge in [-0.05, 0) is 91.9 Å². The predicted octanol–water partition coefficient (Wildman–Crippen LogP) is 9.02. The van der Waals surface area contributed by atoms with Crippen molar-refractivity contribution in [3.05, 3.63) is 114 Å². The highest BCUT2D eigenvalue weighted by atomic mass is 32.2. The van der Waals surface area contributed by atoms with Crippen molar-refractivity contribution in [2.75, 3.05) is 6.73 Å². The largest absolute Gasteiger partial charge is 0.472 e. The van der Waals surface area contributed by atoms with Crippen molar-refractivity contribution in [1.82, 2.24) is 4.31 Å². The van der Waals surface area contributed by atoms with E-state index in [9.17, 15) is 18.0 Å². The minimum absolute atomic E-state index is 0.0188. The summed E-state index contributed by atoms with van der Waals surface area (Å²) in [4.78, 5) is 25.9. The predicted molar refractivity (Wildman–Crippen MR) is 188 cm³/mol. The SMILES string of the molecule is CC(C)c1ccccc1-c1sc2cc(OCN3C(=O)c4ccccc4S3(=O)=O)ccc2c1Oc1ccc(C=CC(=O)OC(C)(C)C)cc1. The molecule has 1 aliphatic rings. The second-order valence-corrected chi connectivity index (χ2v) is 15.5. The van der Waals surface area contributed by atoms with Crippen LogP contribution in [0.15, 0.2) is 102 Å². The Hall–Kier alpha value is -4.93. The Kier molecular flexibility index (Phi) is 8.89. The topological polar surface area (TPSA) is 99.2 Å². The van der Waals surface area contributed by atoms with E-state index in [-0.39, 0.29) is 16.4 Å². The second-order valence-electron chi connectivity index (χ2n) is 12.6. The van der Waals surface area contributed by atoms with Gasteiger partial charge >= 0.3 is 5.97 Å². The Bertz CT molecular complexity index is 2160. The number of rotatable bonds is 9. The third-order valence-electron chi connectivity index (χ3n) is 7.62. The molecule has 0 unspecified atom stereocenters. The molecule has 0 saturated carbocycles. The van der Waals surface area contributed by atoms with E-state index in [2.05, 4.69) is 26.0 Å². The van der Waals surface area contributed by atoms with Gasteiger partial charge in [0.2, 0.25) is 0 Å². The van der Waals surface area contributed by atoms with Crippen LogP contribution in [0.3, 0.4) is 0 Å². The van der Waals surface area contributed by atoms with E-state index < -0.39 is 34.2 Å². The molecule has 1 aromatic heterocycles. The van der Waals surface area contributed by atoms with E-state index in [4.69, 9.17) is 14.2 Å². The van der Waals surface area contributed by atoms with Gasteiger partial charge in [0, 0.05) is 16.2 Å². The number of fused-ring (bicyclic) bond motifs is 2. The van der Waals surface area contributed by atoms with Gasteiger partial charge in [-0.25, -0.2) is 13.2 Å². The van der Waals surface area contributed by atoms with Gasteiger partial charge in [-0.2, -0.15) is 4.31 Å². The number of nitrogens with zero attached hydrogens (tertiary/aromatic N) is 1. The van der Waals surface area contributed by atoms with Crippen LogP contribution in [0.2, 0.25) is 0 Å². The summed E-state index contributed by atoms with van der Waals surface area (Å²) in [5.41, 5.74) is 2.61. The monoisotopic (exact) mass is 681 g/mol. The minimum Gasteiger partial charge on any atom is -0.472 e. The lowest BCUT2D eigenvalue weighted by atomic mass is 9.96. The number of carbonyl (C=O) groups excluding carboxylic acids is 2. The fraction of sp³-hybridized carbons (Fsp3) is 0.211. The maximum atomic E-state index is 13.0. The lowest BCUT2D eigenvalue weighted by Gasteiger charge is -2.17. The Labute approximate surface area is 284 Å². The van der Waals surface area contributed by atoms with E-state index in [0.717, 1.165) is 30.4 Å². The maximum absolute atomic E-state index is 13.0. The fourth-order valence-electron chi connectivity index (χ4n) is 5.39. The molecule has 0 spiro atoms. The number of ether oxygens (including phenoxy) is 3. The molecule has 0 N–H and O–H groups in total. The van der Waals surface area contributed by atoms with Gasteiger partial charge in [-0.1, -0.05) is 62.4 Å². The van der Waals surface area contributed by atoms with Gasteiger partial charge < -0.3 is 14.2 Å². The van der Waals surface area contributed by atoms with Crippen LogP contribution in [0.25, 0.3) is 26.6 Å². The van der Waals surface area contributed by atoms with Crippen molar-refractivity contribution in [3.8, 4) is 27.7 Å². The molecule has 0 radical (unpaired) electrons. The second kappa shape index (κ2) is 12.9. The zero-order valence-corrected chi connectivity index (χ0v) is 28.9. The number of hydrogen-bond acceptors (Lipinski definition) is 8. The van der Waals surface area contributed by atoms with Gasteiger partial charge in [0.15, 0.2) is 12.5 Å². The summed E-state index contributed by atoms with van der Waals surface area (Å²) in [6.07, 6.45) is 3.10. The van der Waals surface area contributed by atoms with Gasteiger partial charge in [0.05, 0.1) is 10.4 Å². The molecule has 8 nitrogen and oxygen atoms in total. The number of hydrogen-bond donors (Lipinski definition) is 0. The standard InChI is InChI=1S/C38H35NO7S2/c1-24(2)28-10-6-7-11-29(28)36-35(45-26-17-14-25(15-18-26)16-21-34(40)46-38(3,4)5)30-20-19-27(22-32(30)47-36)44-23-39-37(41)31-12-8-9-13-33(31)48(39,42)43/h6-22,24H,23H2,1-5H3. The summed E-state index contributed by atoms with van der Waals surface area (Å²) >= 11 is 1.54. The average molecular weight is 682 g/mol. The molecule has 2 heterocycles. The lowest BCUT2D eigenvalue weighted by Crippen LogP contribution is -2.33. The first-order valence-electron chi connectivity index (χ1n) is 15.5. The van der Waals surface area contributed by atoms with Gasteiger partial charge in [0.25, 0.3) is 15.9 Å². The third-order valence-corrected chi connectivity index (χ3v) is 10.6. The van der Waals surface area contributed by atoms with E-state index in [0.29, 0.717) is 17.2 Å². The van der Waals surface area contributed by atoms with E-state index in [1.165, 1.54) is 23.8 Å². The normalized spacial score (nSPS) is 14.1. The highest BCUT2D eigenvalue weighted by Gasteiger charge is 2.41. The number of esters is 1. The first-order valence-corrected chi connectivity index (χ1v) is 17.7. The molecule has 48 heavy (non-hydrogen) atoms. The van der Waals surface area contributed by atoms with Crippen molar-refractivity contribution in [1.29, 1.82) is 0 Å². The quantitative estimate of drug-likeness (QED) is 0.113. The molecule has 6 rings (SSSR count). The highest BCUT2D eigenvalue weighted by Crippen LogP contribution is 2.49. The van der Waals surface area contributed by atoms with Crippen molar-refractivity contribution < 1.29 is 32.2 Å². The molecule has 0 saturated heterocycles. The summed E-state index contributed by atoms with van der Waals surface area (Å²) in [5.74, 6) is 0.947. The molecule has 1 amide bonds. The average Bonchev–Trinajstić information content (AvgIpc) is 3.49. The van der Waals surface area contributed by atoms with Crippen molar-refractivity contribution in [2.24, 2.45) is 0 Å². The zero-order chi connectivity index (χ0) is 34.2. The molecule has 1 aliphatic heterocycles. The molecular weight excluding hydrogens is 647 g/mol. The Morgan fingerprint density at radius 1 is 0.896 bits per heavy atom. The van der Waals surface area contributed by atoms with Crippen LogP contribution in [-0.2, 0) is 19.6 Å². The van der Waals surface area contributed by atoms with Crippen LogP contribution >= 0.6 is 11.3 Å². The lowest BCUT2D eigenvalue weighted by molar-refractivity contribution is -0.148. The molecule has 10 heteroatoms. The summed E-state index contributed by atoms with van der Waals surface area (Å²) in [7, 11) is -4.00. The Morgan fingerprint density at radius 2 is 1.56 bits per heavy atom. The van der Waals surface area contributed by atoms with Gasteiger partial charge in [-0.3, -0.25) is 4.79 Å². The third kappa shape index (κ3) is 6.72. The molecule has 0 fully saturated rings. The fourth-order valence-corrected chi connectivity index (χ4v) is 8.02. The minimum atomic E-state index is -4.00. The number of amides is 1. The number of thiophene rings is 1. The van der Waals surface area contributed by atoms with E-state index >= 15 is 0 Å². The van der Waals surface area contributed by atoms with Crippen molar-refractivity contribution in [3.63, 3.8) is 0 Å². The van der Waals surface area contributed by atoms with Crippen LogP contribution < -0.4 is 9.47 Å². The van der Waals surface area contributed by atoms with Crippen LogP contribution in [0.1, 0.15) is 62.0 Å². The Morgan fingerprint density at radius 3 is 2.25 bits per heavy atom. The molecule has 0 aliphatic carbocycles. The summed E-state index contributed by atoms with van der Waals surface area (Å²) in [6.45, 7) is 9.31. The summed E-state index contributed by atoms with van der Waals surface area (Å²) < 4.78 is 45.5. The Balaban J connectivity index is 1.30. The van der Waals surface area contributed by atoms with Gasteiger partial charge in [0.1, 0.15) is 22.0 Å². The summed E-state index contributed by atoms with van der Waals surface area (Å²) in [6, 6.07) is 27.2. The zero-order valence-electron chi connectivity index (χ0n) is 27.2. The van der Waals surface area contributed by atoms with Crippen LogP contribution in [0.4, 0.5) is 0 Å².